The van der Waals surface area contributed by atoms with Gasteiger partial charge in [0.25, 0.3) is 0 Å². The van der Waals surface area contributed by atoms with Gasteiger partial charge in [-0.2, -0.15) is 4.68 Å². The quantitative estimate of drug-likeness (QED) is 0.417. The Hall–Kier alpha value is -2.42. The fraction of sp³-hybridized carbons (Fsp3) is 0.167. The number of thioether (sulfide) groups is 1. The number of rotatable bonds is 6. The molecule has 0 aliphatic carbocycles. The number of tetrazole rings is 1. The van der Waals surface area contributed by atoms with Crippen molar-refractivity contribution in [3.8, 4) is 17.1 Å². The van der Waals surface area contributed by atoms with Gasteiger partial charge in [0, 0.05) is 17.1 Å². The Morgan fingerprint density at radius 3 is 2.57 bits per heavy atom. The smallest absolute Gasteiger partial charge is 0.191 e. The van der Waals surface area contributed by atoms with E-state index in [4.69, 9.17) is 23.2 Å². The maximum atomic E-state index is 6.35. The van der Waals surface area contributed by atoms with Crippen LogP contribution in [0, 0.1) is 0 Å². The Morgan fingerprint density at radius 1 is 1.00 bits per heavy atom. The van der Waals surface area contributed by atoms with Crippen molar-refractivity contribution in [3.05, 3.63) is 64.4 Å². The van der Waals surface area contributed by atoms with Gasteiger partial charge in [-0.3, -0.25) is 0 Å². The molecule has 4 aromatic rings. The molecule has 0 radical (unpaired) electrons. The molecule has 0 unspecified atom stereocenters. The Bertz CT molecular complexity index is 1090. The van der Waals surface area contributed by atoms with Crippen molar-refractivity contribution in [1.29, 1.82) is 0 Å². The molecule has 7 nitrogen and oxygen atoms in total. The number of aromatic nitrogens is 7. The summed E-state index contributed by atoms with van der Waals surface area (Å²) in [7, 11) is 0. The number of benzene rings is 2. The van der Waals surface area contributed by atoms with E-state index in [9.17, 15) is 0 Å². The zero-order chi connectivity index (χ0) is 19.5. The van der Waals surface area contributed by atoms with Gasteiger partial charge in [-0.25, -0.2) is 0 Å². The van der Waals surface area contributed by atoms with Gasteiger partial charge >= 0.3 is 0 Å². The van der Waals surface area contributed by atoms with Crippen LogP contribution in [-0.4, -0.2) is 35.0 Å². The van der Waals surface area contributed by atoms with E-state index in [1.54, 1.807) is 16.8 Å². The molecule has 2 heterocycles. The lowest BCUT2D eigenvalue weighted by Crippen LogP contribution is -2.03. The molecule has 0 atom stereocenters. The lowest BCUT2D eigenvalue weighted by molar-refractivity contribution is 0.686. The second-order valence-corrected chi connectivity index (χ2v) is 7.59. The van der Waals surface area contributed by atoms with Gasteiger partial charge in [-0.05, 0) is 47.7 Å². The normalized spacial score (nSPS) is 11.1. The van der Waals surface area contributed by atoms with E-state index in [0.717, 1.165) is 22.2 Å². The van der Waals surface area contributed by atoms with Crippen LogP contribution in [0.4, 0.5) is 0 Å². The molecule has 10 heteroatoms. The van der Waals surface area contributed by atoms with Crippen molar-refractivity contribution in [2.45, 2.75) is 24.4 Å². The van der Waals surface area contributed by atoms with Gasteiger partial charge in [-0.15, -0.1) is 15.3 Å². The Morgan fingerprint density at radius 2 is 1.82 bits per heavy atom. The highest BCUT2D eigenvalue weighted by molar-refractivity contribution is 7.98. The summed E-state index contributed by atoms with van der Waals surface area (Å²) < 4.78 is 3.73. The second-order valence-electron chi connectivity index (χ2n) is 5.81. The van der Waals surface area contributed by atoms with Crippen LogP contribution in [0.1, 0.15) is 12.7 Å². The first-order chi connectivity index (χ1) is 13.7. The van der Waals surface area contributed by atoms with E-state index in [1.165, 1.54) is 11.8 Å². The molecule has 0 amide bonds. The van der Waals surface area contributed by atoms with Crippen LogP contribution < -0.4 is 0 Å². The maximum Gasteiger partial charge on any atom is 0.191 e. The van der Waals surface area contributed by atoms with Gasteiger partial charge in [0.2, 0.25) is 0 Å². The van der Waals surface area contributed by atoms with E-state index < -0.39 is 0 Å². The molecular weight excluding hydrogens is 417 g/mol. The van der Waals surface area contributed by atoms with Crippen molar-refractivity contribution < 1.29 is 0 Å². The Kier molecular flexibility index (Phi) is 5.61. The van der Waals surface area contributed by atoms with Crippen molar-refractivity contribution in [1.82, 2.24) is 35.0 Å². The minimum absolute atomic E-state index is 0.541. The van der Waals surface area contributed by atoms with Crippen LogP contribution in [-0.2, 0) is 12.3 Å². The van der Waals surface area contributed by atoms with E-state index in [-0.39, 0.29) is 0 Å². The highest BCUT2D eigenvalue weighted by Gasteiger charge is 2.17. The first-order valence-corrected chi connectivity index (χ1v) is 10.3. The van der Waals surface area contributed by atoms with Gasteiger partial charge in [0.1, 0.15) is 0 Å². The highest BCUT2D eigenvalue weighted by atomic mass is 35.5. The number of nitrogens with zero attached hydrogens (tertiary/aromatic N) is 7. The molecule has 4 rings (SSSR count). The summed E-state index contributed by atoms with van der Waals surface area (Å²) in [4.78, 5) is 0. The topological polar surface area (TPSA) is 74.3 Å². The predicted octanol–water partition coefficient (Wildman–Crippen LogP) is 4.54. The average Bonchev–Trinajstić information content (AvgIpc) is 3.33. The lowest BCUT2D eigenvalue weighted by Gasteiger charge is -2.09. The molecule has 0 spiro atoms. The molecule has 2 aromatic carbocycles. The number of hydrogen-bond donors (Lipinski definition) is 0. The molecule has 0 N–H and O–H groups in total. The monoisotopic (exact) mass is 431 g/mol. The van der Waals surface area contributed by atoms with Crippen LogP contribution in [0.25, 0.3) is 17.1 Å². The summed E-state index contributed by atoms with van der Waals surface area (Å²) in [5, 5.41) is 22.6. The number of para-hydroxylation sites is 1. The minimum Gasteiger partial charge on any atom is -0.302 e. The third kappa shape index (κ3) is 3.76. The zero-order valence-electron chi connectivity index (χ0n) is 14.8. The molecule has 0 fully saturated rings. The van der Waals surface area contributed by atoms with E-state index in [0.29, 0.717) is 28.2 Å². The zero-order valence-corrected chi connectivity index (χ0v) is 17.2. The largest absolute Gasteiger partial charge is 0.302 e. The first kappa shape index (κ1) is 18.9. The van der Waals surface area contributed by atoms with E-state index in [1.807, 2.05) is 47.9 Å². The van der Waals surface area contributed by atoms with Crippen LogP contribution in [0.2, 0.25) is 10.0 Å². The van der Waals surface area contributed by atoms with E-state index in [2.05, 4.69) is 25.7 Å². The summed E-state index contributed by atoms with van der Waals surface area (Å²) in [6.07, 6.45) is 0. The summed E-state index contributed by atoms with van der Waals surface area (Å²) in [6, 6.07) is 15.1. The predicted molar refractivity (Wildman–Crippen MR) is 110 cm³/mol. The molecule has 0 saturated heterocycles. The summed E-state index contributed by atoms with van der Waals surface area (Å²) >= 11 is 13.9. The lowest BCUT2D eigenvalue weighted by atomic mass is 10.2. The molecule has 142 valence electrons. The van der Waals surface area contributed by atoms with Gasteiger partial charge in [-0.1, -0.05) is 53.2 Å². The van der Waals surface area contributed by atoms with E-state index >= 15 is 0 Å². The SMILES string of the molecule is CCn1c(SCc2nnnn2-c2ccccc2)nnc1-c1ccc(Cl)cc1Cl. The molecule has 0 aliphatic rings. The van der Waals surface area contributed by atoms with Gasteiger partial charge in [0.15, 0.2) is 16.8 Å². The fourth-order valence-electron chi connectivity index (χ4n) is 2.75. The Labute approximate surface area is 175 Å². The van der Waals surface area contributed by atoms with Crippen molar-refractivity contribution in [2.75, 3.05) is 0 Å². The van der Waals surface area contributed by atoms with Crippen LogP contribution in [0.5, 0.6) is 0 Å². The van der Waals surface area contributed by atoms with Crippen molar-refractivity contribution in [2.24, 2.45) is 0 Å². The van der Waals surface area contributed by atoms with Crippen LogP contribution in [0.15, 0.2) is 53.7 Å². The van der Waals surface area contributed by atoms with Gasteiger partial charge in [0.05, 0.1) is 16.5 Å². The average molecular weight is 432 g/mol. The summed E-state index contributed by atoms with van der Waals surface area (Å²) in [5.74, 6) is 1.98. The molecule has 2 aromatic heterocycles. The molecule has 28 heavy (non-hydrogen) atoms. The molecule has 0 bridgehead atoms. The third-order valence-electron chi connectivity index (χ3n) is 4.07. The van der Waals surface area contributed by atoms with Crippen LogP contribution >= 0.6 is 35.0 Å². The summed E-state index contributed by atoms with van der Waals surface area (Å²) in [5.41, 5.74) is 1.70. The molecule has 0 saturated carbocycles. The fourth-order valence-corrected chi connectivity index (χ4v) is 4.15. The van der Waals surface area contributed by atoms with Gasteiger partial charge < -0.3 is 4.57 Å². The van der Waals surface area contributed by atoms with Crippen molar-refractivity contribution in [3.63, 3.8) is 0 Å². The number of halogens is 2. The minimum atomic E-state index is 0.541. The summed E-state index contributed by atoms with van der Waals surface area (Å²) in [6.45, 7) is 2.74. The first-order valence-electron chi connectivity index (χ1n) is 8.51. The Balaban J connectivity index is 1.59. The van der Waals surface area contributed by atoms with Crippen LogP contribution in [0.3, 0.4) is 0 Å². The standard InChI is InChI=1S/C18H15Cl2N7S/c1-2-26-17(14-9-8-12(19)10-15(14)20)22-23-18(26)28-11-16-21-24-25-27(16)13-6-4-3-5-7-13/h3-10H,2,11H2,1H3. The second kappa shape index (κ2) is 8.30. The highest BCUT2D eigenvalue weighted by Crippen LogP contribution is 2.32. The maximum absolute atomic E-state index is 6.35. The molecule has 0 aliphatic heterocycles. The number of hydrogen-bond acceptors (Lipinski definition) is 6. The van der Waals surface area contributed by atoms with Crippen molar-refractivity contribution >= 4 is 35.0 Å². The molecular formula is C18H15Cl2N7S. The third-order valence-corrected chi connectivity index (χ3v) is 5.58.